The van der Waals surface area contributed by atoms with Gasteiger partial charge in [-0.05, 0) is 104 Å². The van der Waals surface area contributed by atoms with Crippen LogP contribution in [0.1, 0.15) is 0 Å². The highest BCUT2D eigenvalue weighted by Crippen LogP contribution is 2.46. The fraction of sp³-hybridized carbons (Fsp3) is 0. The number of hydrogen-bond donors (Lipinski definition) is 0. The second-order valence-electron chi connectivity index (χ2n) is 13.7. The maximum absolute atomic E-state index is 2.44. The minimum atomic E-state index is 1.11. The molecule has 254 valence electrons. The lowest BCUT2D eigenvalue weighted by atomic mass is 9.93. The number of rotatable bonds is 7. The van der Waals surface area contributed by atoms with Crippen LogP contribution in [0.15, 0.2) is 212 Å². The number of nitrogens with zero attached hydrogens (tertiary/aromatic N) is 1. The molecule has 0 bridgehead atoms. The number of fused-ring (bicyclic) bond motifs is 4. The van der Waals surface area contributed by atoms with E-state index in [-0.39, 0.29) is 0 Å². The predicted molar refractivity (Wildman–Crippen MR) is 233 cm³/mol. The van der Waals surface area contributed by atoms with E-state index < -0.39 is 0 Å². The van der Waals surface area contributed by atoms with Gasteiger partial charge in [0.1, 0.15) is 0 Å². The molecule has 1 aromatic heterocycles. The van der Waals surface area contributed by atoms with E-state index in [1.807, 2.05) is 11.3 Å². The number of thiophene rings is 1. The van der Waals surface area contributed by atoms with Gasteiger partial charge in [-0.15, -0.1) is 11.3 Å². The summed E-state index contributed by atoms with van der Waals surface area (Å²) in [5, 5.41) is 5.06. The predicted octanol–water partition coefficient (Wildman–Crippen LogP) is 15.3. The lowest BCUT2D eigenvalue weighted by molar-refractivity contribution is 1.30. The number of anilines is 3. The molecule has 0 N–H and O–H groups in total. The highest BCUT2D eigenvalue weighted by Gasteiger charge is 2.21. The molecular weight excluding hydrogens is 671 g/mol. The monoisotopic (exact) mass is 705 g/mol. The van der Waals surface area contributed by atoms with Gasteiger partial charge in [0.25, 0.3) is 0 Å². The Hall–Kier alpha value is -6.74. The molecule has 10 aromatic rings. The topological polar surface area (TPSA) is 3.24 Å². The van der Waals surface area contributed by atoms with E-state index in [0.717, 1.165) is 17.1 Å². The second kappa shape index (κ2) is 13.7. The van der Waals surface area contributed by atoms with Crippen LogP contribution >= 0.6 is 11.3 Å². The van der Waals surface area contributed by atoms with Crippen LogP contribution in [0.5, 0.6) is 0 Å². The summed E-state index contributed by atoms with van der Waals surface area (Å²) in [6.45, 7) is 0. The first-order chi connectivity index (χ1) is 26.8. The van der Waals surface area contributed by atoms with E-state index in [0.29, 0.717) is 0 Å². The van der Waals surface area contributed by atoms with Gasteiger partial charge in [0.2, 0.25) is 0 Å². The Bertz CT molecular complexity index is 2850. The first-order valence-electron chi connectivity index (χ1n) is 18.4. The average Bonchev–Trinajstić information content (AvgIpc) is 3.63. The van der Waals surface area contributed by atoms with Gasteiger partial charge in [0.05, 0.1) is 5.69 Å². The minimum absolute atomic E-state index is 1.11. The van der Waals surface area contributed by atoms with E-state index in [9.17, 15) is 0 Å². The van der Waals surface area contributed by atoms with Crippen LogP contribution in [-0.4, -0.2) is 0 Å². The molecule has 0 spiro atoms. The second-order valence-corrected chi connectivity index (χ2v) is 14.8. The third-order valence-corrected chi connectivity index (χ3v) is 11.6. The molecule has 0 unspecified atom stereocenters. The molecule has 9 aromatic carbocycles. The molecule has 10 rings (SSSR count). The van der Waals surface area contributed by atoms with Crippen molar-refractivity contribution in [2.24, 2.45) is 0 Å². The maximum Gasteiger partial charge on any atom is 0.0546 e. The highest BCUT2D eigenvalue weighted by molar-refractivity contribution is 7.25. The van der Waals surface area contributed by atoms with Gasteiger partial charge in [-0.2, -0.15) is 0 Å². The summed E-state index contributed by atoms with van der Waals surface area (Å²) in [7, 11) is 0. The number of hydrogen-bond acceptors (Lipinski definition) is 2. The summed E-state index contributed by atoms with van der Waals surface area (Å²) < 4.78 is 2.59. The van der Waals surface area contributed by atoms with E-state index in [2.05, 4.69) is 217 Å². The average molecular weight is 706 g/mol. The van der Waals surface area contributed by atoms with Gasteiger partial charge in [-0.25, -0.2) is 0 Å². The van der Waals surface area contributed by atoms with Crippen molar-refractivity contribution in [2.75, 3.05) is 4.90 Å². The molecule has 0 aliphatic heterocycles. The quantitative estimate of drug-likeness (QED) is 0.160. The Morgan fingerprint density at radius 3 is 1.44 bits per heavy atom. The molecule has 0 aliphatic rings. The Morgan fingerprint density at radius 1 is 0.296 bits per heavy atom. The van der Waals surface area contributed by atoms with Gasteiger partial charge in [-0.3, -0.25) is 0 Å². The van der Waals surface area contributed by atoms with Crippen LogP contribution in [0.2, 0.25) is 0 Å². The van der Waals surface area contributed by atoms with E-state index in [1.54, 1.807) is 0 Å². The van der Waals surface area contributed by atoms with Crippen LogP contribution in [0.3, 0.4) is 0 Å². The van der Waals surface area contributed by atoms with Crippen LogP contribution in [0.25, 0.3) is 75.5 Å². The molecule has 0 amide bonds. The Balaban J connectivity index is 1.16. The molecule has 0 saturated heterocycles. The van der Waals surface area contributed by atoms with Gasteiger partial charge < -0.3 is 4.90 Å². The van der Waals surface area contributed by atoms with Crippen molar-refractivity contribution in [3.63, 3.8) is 0 Å². The smallest absolute Gasteiger partial charge is 0.0546 e. The molecule has 1 nitrogen and oxygen atoms in total. The zero-order chi connectivity index (χ0) is 35.8. The zero-order valence-electron chi connectivity index (χ0n) is 29.6. The normalized spacial score (nSPS) is 11.3. The summed E-state index contributed by atoms with van der Waals surface area (Å²) in [6, 6.07) is 77.2. The maximum atomic E-state index is 2.44. The van der Waals surface area contributed by atoms with Crippen LogP contribution < -0.4 is 4.90 Å². The molecule has 0 aliphatic carbocycles. The first-order valence-corrected chi connectivity index (χ1v) is 19.2. The summed E-state index contributed by atoms with van der Waals surface area (Å²) in [6.07, 6.45) is 0. The SMILES string of the molecule is c1ccc(-c2cc(-c3ccccc3)cc(-c3ccc(N(c4ccc5c(c4)sc4ccccc45)c4ccc5ccccc5c4-c4ccccc4)cc3)c2)cc1. The van der Waals surface area contributed by atoms with Crippen LogP contribution in [0.4, 0.5) is 17.1 Å². The van der Waals surface area contributed by atoms with Crippen molar-refractivity contribution in [1.82, 2.24) is 0 Å². The highest BCUT2D eigenvalue weighted by atomic mass is 32.1. The van der Waals surface area contributed by atoms with Crippen molar-refractivity contribution in [2.45, 2.75) is 0 Å². The van der Waals surface area contributed by atoms with Gasteiger partial charge in [0.15, 0.2) is 0 Å². The fourth-order valence-electron chi connectivity index (χ4n) is 7.83. The third-order valence-electron chi connectivity index (χ3n) is 10.4. The van der Waals surface area contributed by atoms with Crippen molar-refractivity contribution in [3.8, 4) is 44.5 Å². The Kier molecular flexibility index (Phi) is 8.09. The largest absolute Gasteiger partial charge is 0.310 e. The molecular formula is C52H35NS. The van der Waals surface area contributed by atoms with Crippen LogP contribution in [-0.2, 0) is 0 Å². The Labute approximate surface area is 319 Å². The van der Waals surface area contributed by atoms with Gasteiger partial charge in [0, 0.05) is 37.1 Å². The lowest BCUT2D eigenvalue weighted by Gasteiger charge is -2.29. The van der Waals surface area contributed by atoms with Crippen LogP contribution in [0, 0.1) is 0 Å². The summed E-state index contributed by atoms with van der Waals surface area (Å²) in [4.78, 5) is 2.44. The zero-order valence-corrected chi connectivity index (χ0v) is 30.4. The molecule has 0 fully saturated rings. The van der Waals surface area contributed by atoms with Crippen molar-refractivity contribution in [1.29, 1.82) is 0 Å². The third kappa shape index (κ3) is 5.84. The molecule has 2 heteroatoms. The lowest BCUT2D eigenvalue weighted by Crippen LogP contribution is -2.11. The van der Waals surface area contributed by atoms with E-state index >= 15 is 0 Å². The molecule has 54 heavy (non-hydrogen) atoms. The van der Waals surface area contributed by atoms with Gasteiger partial charge in [-0.1, -0.05) is 158 Å². The summed E-state index contributed by atoms with van der Waals surface area (Å²) >= 11 is 1.86. The molecule has 0 atom stereocenters. The minimum Gasteiger partial charge on any atom is -0.310 e. The Morgan fingerprint density at radius 2 is 0.796 bits per heavy atom. The van der Waals surface area contributed by atoms with E-state index in [4.69, 9.17) is 0 Å². The van der Waals surface area contributed by atoms with E-state index in [1.165, 1.54) is 75.5 Å². The summed E-state index contributed by atoms with van der Waals surface area (Å²) in [5.74, 6) is 0. The number of benzene rings is 9. The fourth-order valence-corrected chi connectivity index (χ4v) is 8.97. The summed E-state index contributed by atoms with van der Waals surface area (Å²) in [5.41, 5.74) is 13.0. The van der Waals surface area contributed by atoms with Gasteiger partial charge >= 0.3 is 0 Å². The standard InChI is InChI=1S/C52H35NS/c1-4-14-36(15-5-1)41-32-42(37-16-6-2-7-17-37)34-43(33-41)38-24-27-44(28-25-38)53(45-29-30-48-47-22-12-13-23-50(47)54-51(48)35-45)49-31-26-39-18-10-11-21-46(39)52(49)40-19-8-3-9-20-40/h1-35H. The van der Waals surface area contributed by atoms with Crippen molar-refractivity contribution >= 4 is 59.3 Å². The first kappa shape index (κ1) is 32.0. The van der Waals surface area contributed by atoms with Crippen molar-refractivity contribution in [3.05, 3.63) is 212 Å². The molecule has 0 saturated carbocycles. The molecule has 0 radical (unpaired) electrons. The molecule has 1 heterocycles. The van der Waals surface area contributed by atoms with Crippen molar-refractivity contribution < 1.29 is 0 Å².